The molecule has 0 bridgehead atoms. The van der Waals surface area contributed by atoms with Crippen LogP contribution in [0.25, 0.3) is 22.4 Å². The molecule has 1 heterocycles. The van der Waals surface area contributed by atoms with Crippen LogP contribution in [0.15, 0.2) is 54.7 Å². The fraction of sp³-hybridized carbons (Fsp3) is 0.320. The van der Waals surface area contributed by atoms with Crippen LogP contribution in [-0.2, 0) is 13.4 Å². The van der Waals surface area contributed by atoms with Crippen LogP contribution < -0.4 is 4.57 Å². The lowest BCUT2D eigenvalue weighted by Gasteiger charge is -2.14. The maximum atomic E-state index is 8.64. The summed E-state index contributed by atoms with van der Waals surface area (Å²) in [5, 5.41) is 0. The van der Waals surface area contributed by atoms with Crippen molar-refractivity contribution in [2.45, 2.75) is 40.9 Å². The number of hydrogen-bond acceptors (Lipinski definition) is 0. The normalized spacial score (nSPS) is 15.1. The molecule has 0 radical (unpaired) electrons. The third-order valence-electron chi connectivity index (χ3n) is 4.65. The second-order valence-corrected chi connectivity index (χ2v) is 7.24. The molecule has 3 rings (SSSR count). The van der Waals surface area contributed by atoms with Crippen molar-refractivity contribution in [3.8, 4) is 22.4 Å². The van der Waals surface area contributed by atoms with Crippen molar-refractivity contribution in [3.05, 3.63) is 77.0 Å². The average Bonchev–Trinajstić information content (AvgIpc) is 2.68. The maximum Gasteiger partial charge on any atom is 0.212 e. The lowest BCUT2D eigenvalue weighted by atomic mass is 9.91. The summed E-state index contributed by atoms with van der Waals surface area (Å²) in [7, 11) is 1.82. The Morgan fingerprint density at radius 2 is 1.65 bits per heavy atom. The Kier molecular flexibility index (Phi) is 3.69. The molecule has 1 heteroatoms. The van der Waals surface area contributed by atoms with Crippen molar-refractivity contribution in [2.75, 3.05) is 0 Å². The summed E-state index contributed by atoms with van der Waals surface area (Å²) in [5.41, 5.74) is 6.49. The van der Waals surface area contributed by atoms with E-state index in [4.69, 9.17) is 6.85 Å². The predicted octanol–water partition coefficient (Wildman–Crippen LogP) is 5.97. The zero-order valence-electron chi connectivity index (χ0n) is 21.2. The van der Waals surface area contributed by atoms with Crippen LogP contribution >= 0.6 is 0 Å². The van der Waals surface area contributed by atoms with Gasteiger partial charge in [0.2, 0.25) is 5.69 Å². The minimum absolute atomic E-state index is 0.0606. The molecule has 1 aromatic heterocycles. The highest BCUT2D eigenvalue weighted by Gasteiger charge is 2.18. The predicted molar refractivity (Wildman–Crippen MR) is 111 cm³/mol. The standard InChI is InChI=1S/C25H30N/c1-17(2)12-22-14-25(26(6)16-20(22)5)24-15-23(18(3)13-19(24)4)21-10-8-7-9-11-21/h7-11,13-17H,12H2,1-6H3/q+1/i5D3,12D2. The molecule has 0 spiro atoms. The summed E-state index contributed by atoms with van der Waals surface area (Å²) in [4.78, 5) is 0. The smallest absolute Gasteiger partial charge is 0.201 e. The number of benzene rings is 2. The van der Waals surface area contributed by atoms with E-state index in [1.54, 1.807) is 30.7 Å². The van der Waals surface area contributed by atoms with Gasteiger partial charge in [0.1, 0.15) is 7.05 Å². The van der Waals surface area contributed by atoms with Gasteiger partial charge in [0.25, 0.3) is 0 Å². The average molecular weight is 350 g/mol. The summed E-state index contributed by atoms with van der Waals surface area (Å²) in [5.74, 6) is -0.367. The quantitative estimate of drug-likeness (QED) is 0.511. The van der Waals surface area contributed by atoms with Gasteiger partial charge in [-0.05, 0) is 66.9 Å². The summed E-state index contributed by atoms with van der Waals surface area (Å²) < 4.78 is 43.0. The number of aryl methyl sites for hydroxylation is 4. The van der Waals surface area contributed by atoms with Crippen LogP contribution in [0.3, 0.4) is 0 Å². The van der Waals surface area contributed by atoms with Gasteiger partial charge in [0, 0.05) is 24.0 Å². The third kappa shape index (κ3) is 3.72. The van der Waals surface area contributed by atoms with Gasteiger partial charge >= 0.3 is 0 Å². The molecule has 0 aliphatic heterocycles. The van der Waals surface area contributed by atoms with E-state index in [0.29, 0.717) is 0 Å². The molecule has 3 aromatic rings. The lowest BCUT2D eigenvalue weighted by molar-refractivity contribution is -0.660. The molecule has 1 nitrogen and oxygen atoms in total. The van der Waals surface area contributed by atoms with Crippen molar-refractivity contribution in [2.24, 2.45) is 13.0 Å². The SMILES string of the molecule is [2H]C([2H])([2H])c1c[n+](C)c(-c2cc(-c3ccccc3)c(C)cc2C)cc1C([2H])([2H])C(C)C. The number of rotatable bonds is 4. The van der Waals surface area contributed by atoms with Gasteiger partial charge in [-0.2, -0.15) is 0 Å². The maximum absolute atomic E-state index is 8.64. The molecule has 0 aliphatic rings. The summed E-state index contributed by atoms with van der Waals surface area (Å²) in [6.45, 7) is 5.28. The number of hydrogen-bond donors (Lipinski definition) is 0. The Morgan fingerprint density at radius 3 is 2.31 bits per heavy atom. The Labute approximate surface area is 165 Å². The molecule has 0 fully saturated rings. The van der Waals surface area contributed by atoms with Crippen molar-refractivity contribution in [3.63, 3.8) is 0 Å². The van der Waals surface area contributed by atoms with Gasteiger partial charge in [0.15, 0.2) is 6.20 Å². The van der Waals surface area contributed by atoms with Crippen molar-refractivity contribution in [1.82, 2.24) is 0 Å². The first-order chi connectivity index (χ1) is 14.3. The van der Waals surface area contributed by atoms with Crippen LogP contribution in [0.5, 0.6) is 0 Å². The van der Waals surface area contributed by atoms with E-state index in [-0.39, 0.29) is 17.0 Å². The molecule has 134 valence electrons. The highest BCUT2D eigenvalue weighted by Crippen LogP contribution is 2.31. The van der Waals surface area contributed by atoms with Gasteiger partial charge < -0.3 is 0 Å². The van der Waals surface area contributed by atoms with E-state index < -0.39 is 13.2 Å². The van der Waals surface area contributed by atoms with Gasteiger partial charge in [-0.3, -0.25) is 0 Å². The van der Waals surface area contributed by atoms with E-state index in [1.165, 1.54) is 0 Å². The third-order valence-corrected chi connectivity index (χ3v) is 4.65. The molecule has 0 amide bonds. The summed E-state index contributed by atoms with van der Waals surface area (Å²) >= 11 is 0. The first kappa shape index (κ1) is 12.9. The van der Waals surface area contributed by atoms with E-state index in [0.717, 1.165) is 33.5 Å². The monoisotopic (exact) mass is 349 g/mol. The minimum Gasteiger partial charge on any atom is -0.201 e. The Balaban J connectivity index is 2.31. The van der Waals surface area contributed by atoms with Crippen LogP contribution in [0, 0.1) is 26.6 Å². The van der Waals surface area contributed by atoms with Gasteiger partial charge in [0.05, 0.1) is 0 Å². The molecular formula is C25H30N+. The zero-order valence-corrected chi connectivity index (χ0v) is 16.2. The first-order valence-electron chi connectivity index (χ1n) is 11.6. The van der Waals surface area contributed by atoms with Crippen molar-refractivity contribution >= 4 is 0 Å². The van der Waals surface area contributed by atoms with E-state index in [9.17, 15) is 0 Å². The number of pyridine rings is 1. The topological polar surface area (TPSA) is 3.88 Å². The van der Waals surface area contributed by atoms with Crippen molar-refractivity contribution in [1.29, 1.82) is 0 Å². The summed E-state index contributed by atoms with van der Waals surface area (Å²) in [6.07, 6.45) is -0.201. The zero-order chi connectivity index (χ0) is 23.1. The Bertz CT molecular complexity index is 1100. The molecular weight excluding hydrogens is 314 g/mol. The fourth-order valence-corrected chi connectivity index (χ4v) is 3.40. The molecule has 0 N–H and O–H groups in total. The molecule has 0 atom stereocenters. The van der Waals surface area contributed by atoms with E-state index >= 15 is 0 Å². The molecule has 0 unspecified atom stereocenters. The molecule has 0 saturated carbocycles. The highest BCUT2D eigenvalue weighted by molar-refractivity contribution is 5.75. The Morgan fingerprint density at radius 1 is 0.962 bits per heavy atom. The second kappa shape index (κ2) is 7.45. The van der Waals surface area contributed by atoms with Gasteiger partial charge in [-0.1, -0.05) is 50.2 Å². The van der Waals surface area contributed by atoms with E-state index in [1.807, 2.05) is 32.2 Å². The highest BCUT2D eigenvalue weighted by atomic mass is 14.9. The van der Waals surface area contributed by atoms with Crippen LogP contribution in [0.4, 0.5) is 0 Å². The van der Waals surface area contributed by atoms with Crippen LogP contribution in [-0.4, -0.2) is 0 Å². The Hall–Kier alpha value is -2.41. The first-order valence-corrected chi connectivity index (χ1v) is 9.05. The molecule has 26 heavy (non-hydrogen) atoms. The largest absolute Gasteiger partial charge is 0.212 e. The van der Waals surface area contributed by atoms with Gasteiger partial charge in [-0.25, -0.2) is 4.57 Å². The second-order valence-electron chi connectivity index (χ2n) is 7.24. The summed E-state index contributed by atoms with van der Waals surface area (Å²) in [6, 6.07) is 16.1. The fourth-order valence-electron chi connectivity index (χ4n) is 3.40. The number of aromatic nitrogens is 1. The molecule has 0 aliphatic carbocycles. The molecule has 2 aromatic carbocycles. The van der Waals surface area contributed by atoms with Crippen LogP contribution in [0.2, 0.25) is 0 Å². The number of nitrogens with zero attached hydrogens (tertiary/aromatic N) is 1. The van der Waals surface area contributed by atoms with Gasteiger partial charge in [-0.15, -0.1) is 0 Å². The minimum atomic E-state index is -2.40. The van der Waals surface area contributed by atoms with E-state index in [2.05, 4.69) is 31.2 Å². The molecule has 0 saturated heterocycles. The lowest BCUT2D eigenvalue weighted by Crippen LogP contribution is -2.32. The van der Waals surface area contributed by atoms with Crippen LogP contribution in [0.1, 0.15) is 43.0 Å². The van der Waals surface area contributed by atoms with Crippen molar-refractivity contribution < 1.29 is 11.4 Å².